The molecule has 2 aliphatic rings. The van der Waals surface area contributed by atoms with Crippen molar-refractivity contribution in [3.63, 3.8) is 0 Å². The number of carbonyl (C=O) groups excluding carboxylic acids is 2. The van der Waals surface area contributed by atoms with E-state index in [9.17, 15) is 40.3 Å². The van der Waals surface area contributed by atoms with E-state index in [1.54, 1.807) is 11.4 Å². The lowest BCUT2D eigenvalue weighted by Crippen LogP contribution is -2.55. The van der Waals surface area contributed by atoms with Crippen LogP contribution in [0.3, 0.4) is 0 Å². The molecule has 1 aromatic carbocycles. The van der Waals surface area contributed by atoms with Crippen molar-refractivity contribution in [2.24, 2.45) is 0 Å². The molecule has 0 saturated carbocycles. The van der Waals surface area contributed by atoms with Crippen LogP contribution in [0.2, 0.25) is 0 Å². The van der Waals surface area contributed by atoms with E-state index < -0.39 is 47.7 Å². The normalized spacial score (nSPS) is 21.2. The summed E-state index contributed by atoms with van der Waals surface area (Å²) in [5.74, 6) is -2.62. The van der Waals surface area contributed by atoms with Gasteiger partial charge in [-0.15, -0.1) is 0 Å². The number of alkyl halides is 6. The zero-order valence-corrected chi connectivity index (χ0v) is 21.5. The van der Waals surface area contributed by atoms with Gasteiger partial charge in [-0.05, 0) is 69.9 Å². The molecule has 2 bridgehead atoms. The molecule has 218 valence electrons. The van der Waals surface area contributed by atoms with Gasteiger partial charge in [0.05, 0.1) is 11.1 Å². The number of fused-ring (bicyclic) bond motifs is 2. The zero-order valence-electron chi connectivity index (χ0n) is 21.5. The Bertz CT molecular complexity index is 1230. The Labute approximate surface area is 225 Å². The van der Waals surface area contributed by atoms with E-state index in [1.807, 2.05) is 0 Å². The van der Waals surface area contributed by atoms with Gasteiger partial charge in [0, 0.05) is 24.3 Å². The fraction of sp³-hybridized carbons (Fsp3) is 0.500. The summed E-state index contributed by atoms with van der Waals surface area (Å²) in [4.78, 5) is 31.3. The van der Waals surface area contributed by atoms with Gasteiger partial charge >= 0.3 is 12.4 Å². The number of nitrogens with zero attached hydrogens (tertiary/aromatic N) is 2. The number of piperidine rings is 1. The predicted octanol–water partition coefficient (Wildman–Crippen LogP) is 5.01. The first-order valence-electron chi connectivity index (χ1n) is 12.5. The number of pyridine rings is 1. The number of hydrogen-bond acceptors (Lipinski definition) is 5. The van der Waals surface area contributed by atoms with Gasteiger partial charge in [-0.25, -0.2) is 9.37 Å². The zero-order chi connectivity index (χ0) is 29.5. The average Bonchev–Trinajstić information content (AvgIpc) is 3.12. The van der Waals surface area contributed by atoms with Gasteiger partial charge in [0.15, 0.2) is 5.60 Å². The molecule has 2 N–H and O–H groups in total. The summed E-state index contributed by atoms with van der Waals surface area (Å²) in [5, 5.41) is 4.70. The van der Waals surface area contributed by atoms with E-state index in [2.05, 4.69) is 15.2 Å². The molecule has 7 nitrogen and oxygen atoms in total. The number of anilines is 1. The molecule has 2 aliphatic heterocycles. The average molecular weight is 577 g/mol. The number of aromatic nitrogens is 1. The van der Waals surface area contributed by atoms with Gasteiger partial charge in [0.1, 0.15) is 23.9 Å². The summed E-state index contributed by atoms with van der Waals surface area (Å²) >= 11 is 0. The number of carbonyl (C=O) groups is 2. The van der Waals surface area contributed by atoms with Crippen LogP contribution in [0.5, 0.6) is 5.75 Å². The number of ether oxygens (including phenoxy) is 1. The van der Waals surface area contributed by atoms with Crippen molar-refractivity contribution >= 4 is 17.6 Å². The first kappa shape index (κ1) is 29.4. The minimum absolute atomic E-state index is 0.00284. The molecule has 2 saturated heterocycles. The summed E-state index contributed by atoms with van der Waals surface area (Å²) in [6, 6.07) is 4.89. The fourth-order valence-corrected chi connectivity index (χ4v) is 5.11. The van der Waals surface area contributed by atoms with Crippen molar-refractivity contribution in [3.05, 3.63) is 53.5 Å². The van der Waals surface area contributed by atoms with E-state index in [0.29, 0.717) is 30.8 Å². The van der Waals surface area contributed by atoms with E-state index >= 15 is 0 Å². The Morgan fingerprint density at radius 1 is 1.02 bits per heavy atom. The number of halogens is 7. The van der Waals surface area contributed by atoms with Crippen LogP contribution in [0.25, 0.3) is 0 Å². The van der Waals surface area contributed by atoms with Gasteiger partial charge in [-0.3, -0.25) is 9.59 Å². The van der Waals surface area contributed by atoms with Crippen molar-refractivity contribution in [3.8, 4) is 5.75 Å². The lowest BCUT2D eigenvalue weighted by molar-refractivity contribution is -0.140. The third-order valence-corrected chi connectivity index (χ3v) is 6.96. The van der Waals surface area contributed by atoms with Gasteiger partial charge in [-0.1, -0.05) is 0 Å². The molecule has 40 heavy (non-hydrogen) atoms. The first-order valence-corrected chi connectivity index (χ1v) is 12.5. The molecular weight excluding hydrogens is 549 g/mol. The molecule has 0 unspecified atom stereocenters. The Morgan fingerprint density at radius 2 is 1.68 bits per heavy atom. The SMILES string of the molecule is CC(C)(Oc1ccc(F)c(C(F)(F)F)c1)C(=O)N[C@H]1C[C@H]2CC[C@@H](C1)N2c1ccc(C(=O)NCC(F)(F)F)cn1. The standard InChI is InChI=1S/C26H27F7N4O3/c1-24(2,40-18-6-7-20(27)19(11-18)26(31,32)33)23(39)36-15-9-16-4-5-17(10-15)37(16)21-8-3-14(12-34-21)22(38)35-13-25(28,29)30/h3,6-8,11-12,15-17H,4-5,9-10,13H2,1-2H3,(H,35,38)(H,36,39)/t15-,16+,17-. The fourth-order valence-electron chi connectivity index (χ4n) is 5.11. The summed E-state index contributed by atoms with van der Waals surface area (Å²) in [7, 11) is 0. The molecule has 0 aliphatic carbocycles. The van der Waals surface area contributed by atoms with Gasteiger partial charge in [0.2, 0.25) is 0 Å². The quantitative estimate of drug-likeness (QED) is 0.454. The molecular formula is C26H27F7N4O3. The molecule has 0 radical (unpaired) electrons. The highest BCUT2D eigenvalue weighted by Gasteiger charge is 2.43. The number of amides is 2. The first-order chi connectivity index (χ1) is 18.5. The molecule has 3 heterocycles. The predicted molar refractivity (Wildman–Crippen MR) is 129 cm³/mol. The number of rotatable bonds is 7. The van der Waals surface area contributed by atoms with E-state index in [0.717, 1.165) is 18.9 Å². The Morgan fingerprint density at radius 3 is 2.23 bits per heavy atom. The molecule has 2 amide bonds. The highest BCUT2D eigenvalue weighted by molar-refractivity contribution is 5.94. The van der Waals surface area contributed by atoms with Crippen molar-refractivity contribution in [1.82, 2.24) is 15.6 Å². The van der Waals surface area contributed by atoms with Crippen LogP contribution < -0.4 is 20.3 Å². The second kappa shape index (κ2) is 10.8. The second-order valence-electron chi connectivity index (χ2n) is 10.4. The Hall–Kier alpha value is -3.58. The van der Waals surface area contributed by atoms with E-state index in [4.69, 9.17) is 4.74 Å². The lowest BCUT2D eigenvalue weighted by Gasteiger charge is -2.40. The topological polar surface area (TPSA) is 83.6 Å². The monoisotopic (exact) mass is 576 g/mol. The molecule has 1 aromatic heterocycles. The maximum absolute atomic E-state index is 13.6. The molecule has 4 rings (SSSR count). The van der Waals surface area contributed by atoms with Crippen molar-refractivity contribution in [1.29, 1.82) is 0 Å². The van der Waals surface area contributed by atoms with Crippen LogP contribution in [0.4, 0.5) is 36.6 Å². The lowest BCUT2D eigenvalue weighted by atomic mass is 9.96. The number of nitrogens with one attached hydrogen (secondary N) is 2. The Kier molecular flexibility index (Phi) is 7.92. The van der Waals surface area contributed by atoms with Crippen molar-refractivity contribution in [2.45, 2.75) is 75.6 Å². The molecule has 3 atom stereocenters. The van der Waals surface area contributed by atoms with Crippen LogP contribution >= 0.6 is 0 Å². The summed E-state index contributed by atoms with van der Waals surface area (Å²) < 4.78 is 95.3. The molecule has 2 aromatic rings. The van der Waals surface area contributed by atoms with Gasteiger partial charge in [-0.2, -0.15) is 26.3 Å². The van der Waals surface area contributed by atoms with Crippen LogP contribution in [0.1, 0.15) is 55.5 Å². The minimum atomic E-state index is -4.92. The second-order valence-corrected chi connectivity index (χ2v) is 10.4. The van der Waals surface area contributed by atoms with Crippen LogP contribution in [0, 0.1) is 5.82 Å². The van der Waals surface area contributed by atoms with E-state index in [-0.39, 0.29) is 29.4 Å². The van der Waals surface area contributed by atoms with Gasteiger partial charge < -0.3 is 20.3 Å². The third kappa shape index (κ3) is 6.76. The number of hydrogen-bond donors (Lipinski definition) is 2. The van der Waals surface area contributed by atoms with E-state index in [1.165, 1.54) is 26.1 Å². The summed E-state index contributed by atoms with van der Waals surface area (Å²) in [5.41, 5.74) is -3.05. The van der Waals surface area contributed by atoms with Crippen molar-refractivity contribution in [2.75, 3.05) is 11.4 Å². The molecule has 2 fully saturated rings. The summed E-state index contributed by atoms with van der Waals surface area (Å²) in [6.07, 6.45) is -5.53. The third-order valence-electron chi connectivity index (χ3n) is 6.96. The number of benzene rings is 1. The van der Waals surface area contributed by atoms with Crippen LogP contribution in [-0.2, 0) is 11.0 Å². The Balaban J connectivity index is 1.36. The highest BCUT2D eigenvalue weighted by Crippen LogP contribution is 2.39. The van der Waals surface area contributed by atoms with Crippen LogP contribution in [-0.4, -0.2) is 53.2 Å². The highest BCUT2D eigenvalue weighted by atomic mass is 19.4. The maximum Gasteiger partial charge on any atom is 0.419 e. The van der Waals surface area contributed by atoms with Crippen LogP contribution in [0.15, 0.2) is 36.5 Å². The largest absolute Gasteiger partial charge is 0.478 e. The van der Waals surface area contributed by atoms with Gasteiger partial charge in [0.25, 0.3) is 11.8 Å². The smallest absolute Gasteiger partial charge is 0.419 e. The van der Waals surface area contributed by atoms with Crippen molar-refractivity contribution < 1.29 is 45.1 Å². The molecule has 0 spiro atoms. The minimum Gasteiger partial charge on any atom is -0.478 e. The molecule has 14 heteroatoms. The summed E-state index contributed by atoms with van der Waals surface area (Å²) in [6.45, 7) is 1.36. The maximum atomic E-state index is 13.6.